The topological polar surface area (TPSA) is 106 Å². The van der Waals surface area contributed by atoms with Crippen molar-refractivity contribution in [3.63, 3.8) is 0 Å². The average molecular weight is 304 g/mol. The van der Waals surface area contributed by atoms with Crippen LogP contribution in [0.15, 0.2) is 30.6 Å². The maximum Gasteiger partial charge on any atom is 0.325 e. The molecule has 2 N–H and O–H groups in total. The van der Waals surface area contributed by atoms with Crippen molar-refractivity contribution >= 4 is 17.7 Å². The second kappa shape index (κ2) is 6.70. The van der Waals surface area contributed by atoms with Gasteiger partial charge >= 0.3 is 5.97 Å². The van der Waals surface area contributed by atoms with Gasteiger partial charge in [0.2, 0.25) is 0 Å². The zero-order valence-corrected chi connectivity index (χ0v) is 12.2. The van der Waals surface area contributed by atoms with Crippen molar-refractivity contribution in [1.29, 1.82) is 0 Å². The van der Waals surface area contributed by atoms with Crippen molar-refractivity contribution in [2.45, 2.75) is 26.5 Å². The quantitative estimate of drug-likeness (QED) is 0.835. The predicted octanol–water partition coefficient (Wildman–Crippen LogP) is 1.40. The monoisotopic (exact) mass is 304 g/mol. The maximum absolute atomic E-state index is 12.2. The highest BCUT2D eigenvalue weighted by Gasteiger charge is 2.16. The summed E-state index contributed by atoms with van der Waals surface area (Å²) >= 11 is 0. The van der Waals surface area contributed by atoms with E-state index in [1.54, 1.807) is 12.1 Å². The fourth-order valence-electron chi connectivity index (χ4n) is 1.74. The number of ether oxygens (including phenoxy) is 1. The number of carboxylic acid groups (broad SMARTS) is 1. The second-order valence-corrected chi connectivity index (χ2v) is 4.76. The molecule has 0 spiro atoms. The van der Waals surface area contributed by atoms with E-state index in [4.69, 9.17) is 9.84 Å². The van der Waals surface area contributed by atoms with Crippen LogP contribution in [0.5, 0.6) is 5.75 Å². The van der Waals surface area contributed by atoms with E-state index in [1.165, 1.54) is 23.1 Å². The van der Waals surface area contributed by atoms with E-state index < -0.39 is 11.9 Å². The molecule has 1 amide bonds. The van der Waals surface area contributed by atoms with Crippen LogP contribution in [0.1, 0.15) is 24.3 Å². The molecule has 0 radical (unpaired) electrons. The van der Waals surface area contributed by atoms with Crippen LogP contribution in [0.25, 0.3) is 0 Å². The van der Waals surface area contributed by atoms with Crippen molar-refractivity contribution in [2.24, 2.45) is 0 Å². The highest BCUT2D eigenvalue weighted by atomic mass is 16.5. The Morgan fingerprint density at radius 1 is 1.41 bits per heavy atom. The average Bonchev–Trinajstić information content (AvgIpc) is 2.84. The Morgan fingerprint density at radius 3 is 2.86 bits per heavy atom. The first kappa shape index (κ1) is 15.5. The zero-order chi connectivity index (χ0) is 16.1. The van der Waals surface area contributed by atoms with E-state index >= 15 is 0 Å². The Hall–Kier alpha value is -2.90. The van der Waals surface area contributed by atoms with Crippen molar-refractivity contribution in [3.8, 4) is 5.75 Å². The molecule has 0 aromatic carbocycles. The van der Waals surface area contributed by atoms with E-state index in [9.17, 15) is 9.59 Å². The lowest BCUT2D eigenvalue weighted by Gasteiger charge is -2.12. The Bertz CT molecular complexity index is 681. The summed E-state index contributed by atoms with van der Waals surface area (Å²) in [6.07, 6.45) is 2.87. The summed E-state index contributed by atoms with van der Waals surface area (Å²) in [5.74, 6) is -0.873. The summed E-state index contributed by atoms with van der Waals surface area (Å²) in [6, 6.07) is 4.84. The van der Waals surface area contributed by atoms with Gasteiger partial charge < -0.3 is 15.2 Å². The molecule has 116 valence electrons. The number of rotatable bonds is 6. The number of aliphatic carboxylic acids is 1. The van der Waals surface area contributed by atoms with Gasteiger partial charge in [-0.15, -0.1) is 0 Å². The molecule has 2 heterocycles. The zero-order valence-electron chi connectivity index (χ0n) is 12.2. The second-order valence-electron chi connectivity index (χ2n) is 4.76. The van der Waals surface area contributed by atoms with E-state index in [0.29, 0.717) is 5.75 Å². The van der Waals surface area contributed by atoms with Gasteiger partial charge in [-0.3, -0.25) is 14.3 Å². The number of anilines is 1. The van der Waals surface area contributed by atoms with Crippen molar-refractivity contribution in [2.75, 3.05) is 5.32 Å². The largest absolute Gasteiger partial charge is 0.489 e. The van der Waals surface area contributed by atoms with Crippen LogP contribution in [-0.2, 0) is 11.3 Å². The number of aromatic nitrogens is 3. The van der Waals surface area contributed by atoms with Gasteiger partial charge in [0.25, 0.3) is 5.91 Å². The molecule has 2 rings (SSSR count). The SMILES string of the molecule is CC(C)Oc1cccnc1C(=O)Nc1ccn(CC(=O)O)n1. The molecule has 0 aliphatic rings. The van der Waals surface area contributed by atoms with Gasteiger partial charge in [-0.1, -0.05) is 0 Å². The van der Waals surface area contributed by atoms with Crippen LogP contribution in [0.2, 0.25) is 0 Å². The molecular formula is C14H16N4O4. The highest BCUT2D eigenvalue weighted by molar-refractivity contribution is 6.04. The van der Waals surface area contributed by atoms with E-state index in [-0.39, 0.29) is 24.2 Å². The highest BCUT2D eigenvalue weighted by Crippen LogP contribution is 2.18. The third-order valence-corrected chi connectivity index (χ3v) is 2.53. The van der Waals surface area contributed by atoms with Gasteiger partial charge in [0.1, 0.15) is 6.54 Å². The Balaban J connectivity index is 2.12. The molecule has 0 aliphatic heterocycles. The molecule has 0 saturated carbocycles. The first-order valence-electron chi connectivity index (χ1n) is 6.64. The van der Waals surface area contributed by atoms with Crippen LogP contribution < -0.4 is 10.1 Å². The third kappa shape index (κ3) is 4.05. The summed E-state index contributed by atoms with van der Waals surface area (Å²) in [5.41, 5.74) is 0.143. The van der Waals surface area contributed by atoms with Crippen molar-refractivity contribution in [1.82, 2.24) is 14.8 Å². The molecule has 0 saturated heterocycles. The molecule has 22 heavy (non-hydrogen) atoms. The fourth-order valence-corrected chi connectivity index (χ4v) is 1.74. The van der Waals surface area contributed by atoms with Gasteiger partial charge in [0.15, 0.2) is 17.3 Å². The number of carboxylic acids is 1. The summed E-state index contributed by atoms with van der Waals surface area (Å²) in [6.45, 7) is 3.42. The Kier molecular flexibility index (Phi) is 4.72. The molecule has 0 bridgehead atoms. The smallest absolute Gasteiger partial charge is 0.325 e. The van der Waals surface area contributed by atoms with Crippen LogP contribution in [-0.4, -0.2) is 37.9 Å². The van der Waals surface area contributed by atoms with E-state index in [1.807, 2.05) is 13.8 Å². The van der Waals surface area contributed by atoms with Crippen molar-refractivity contribution < 1.29 is 19.4 Å². The Morgan fingerprint density at radius 2 is 2.18 bits per heavy atom. The molecule has 2 aromatic rings. The third-order valence-electron chi connectivity index (χ3n) is 2.53. The van der Waals surface area contributed by atoms with Crippen LogP contribution in [0.4, 0.5) is 5.82 Å². The minimum atomic E-state index is -1.02. The number of carbonyl (C=O) groups is 2. The fraction of sp³-hybridized carbons (Fsp3) is 0.286. The van der Waals surface area contributed by atoms with E-state index in [0.717, 1.165) is 0 Å². The standard InChI is InChI=1S/C14H16N4O4/c1-9(2)22-10-4-3-6-15-13(10)14(21)16-11-5-7-18(17-11)8-12(19)20/h3-7,9H,8H2,1-2H3,(H,19,20)(H,16,17,21). The number of carbonyl (C=O) groups excluding carboxylic acids is 1. The summed E-state index contributed by atoms with van der Waals surface area (Å²) in [4.78, 5) is 26.8. The molecule has 0 unspecified atom stereocenters. The van der Waals surface area contributed by atoms with Gasteiger partial charge in [-0.25, -0.2) is 4.98 Å². The minimum absolute atomic E-state index is 0.0921. The number of amides is 1. The maximum atomic E-state index is 12.2. The normalized spacial score (nSPS) is 10.5. The first-order chi connectivity index (χ1) is 10.5. The number of hydrogen-bond acceptors (Lipinski definition) is 5. The van der Waals surface area contributed by atoms with Gasteiger partial charge in [-0.05, 0) is 26.0 Å². The lowest BCUT2D eigenvalue weighted by molar-refractivity contribution is -0.137. The molecule has 0 aliphatic carbocycles. The summed E-state index contributed by atoms with van der Waals surface area (Å²) in [5, 5.41) is 15.2. The van der Waals surface area contributed by atoms with Crippen LogP contribution in [0.3, 0.4) is 0 Å². The number of hydrogen-bond donors (Lipinski definition) is 2. The number of pyridine rings is 1. The molecule has 2 aromatic heterocycles. The van der Waals surface area contributed by atoms with Gasteiger partial charge in [0, 0.05) is 18.5 Å². The lowest BCUT2D eigenvalue weighted by atomic mass is 10.3. The number of nitrogens with zero attached hydrogens (tertiary/aromatic N) is 3. The van der Waals surface area contributed by atoms with E-state index in [2.05, 4.69) is 15.4 Å². The first-order valence-corrected chi connectivity index (χ1v) is 6.64. The lowest BCUT2D eigenvalue weighted by Crippen LogP contribution is -2.18. The molecule has 8 heteroatoms. The number of nitrogens with one attached hydrogen (secondary N) is 1. The van der Waals surface area contributed by atoms with Crippen LogP contribution >= 0.6 is 0 Å². The van der Waals surface area contributed by atoms with Gasteiger partial charge in [-0.2, -0.15) is 5.10 Å². The van der Waals surface area contributed by atoms with Crippen LogP contribution in [0, 0.1) is 0 Å². The molecular weight excluding hydrogens is 288 g/mol. The molecule has 0 fully saturated rings. The molecule has 0 atom stereocenters. The predicted molar refractivity (Wildman–Crippen MR) is 77.8 cm³/mol. The van der Waals surface area contributed by atoms with Gasteiger partial charge in [0.05, 0.1) is 6.10 Å². The Labute approximate surface area is 126 Å². The van der Waals surface area contributed by atoms with Crippen molar-refractivity contribution in [3.05, 3.63) is 36.3 Å². The minimum Gasteiger partial charge on any atom is -0.489 e. The summed E-state index contributed by atoms with van der Waals surface area (Å²) in [7, 11) is 0. The molecule has 8 nitrogen and oxygen atoms in total. The summed E-state index contributed by atoms with van der Waals surface area (Å²) < 4.78 is 6.75.